The van der Waals surface area contributed by atoms with Crippen LogP contribution in [0.3, 0.4) is 0 Å². The number of fused-ring (bicyclic) bond motifs is 6. The molecule has 0 aromatic rings. The highest BCUT2D eigenvalue weighted by atomic mass is 16.7. The number of aliphatic hydroxyl groups is 4. The minimum Gasteiger partial charge on any atom is -0.460 e. The van der Waals surface area contributed by atoms with Gasteiger partial charge in [-0.3, -0.25) is 4.79 Å². The van der Waals surface area contributed by atoms with Crippen molar-refractivity contribution in [2.24, 2.45) is 11.8 Å². The van der Waals surface area contributed by atoms with Gasteiger partial charge in [-0.2, -0.15) is 0 Å². The van der Waals surface area contributed by atoms with Crippen LogP contribution in [0.15, 0.2) is 24.3 Å². The van der Waals surface area contributed by atoms with Crippen molar-refractivity contribution in [2.45, 2.75) is 177 Å². The van der Waals surface area contributed by atoms with Gasteiger partial charge in [0.1, 0.15) is 30.5 Å². The van der Waals surface area contributed by atoms with Crippen molar-refractivity contribution in [1.29, 1.82) is 0 Å². The Morgan fingerprint density at radius 3 is 2.38 bits per heavy atom. The van der Waals surface area contributed by atoms with Crippen molar-refractivity contribution in [1.82, 2.24) is 0 Å². The first-order valence-electron chi connectivity index (χ1n) is 18.5. The molecule has 4 N–H and O–H groups in total. The van der Waals surface area contributed by atoms with Crippen LogP contribution in [0.25, 0.3) is 0 Å². The standard InChI is InChI=1S/C37H58O13/c1-6-10-31(39)50-30-18-25-16-24(47-35-34(44-5)33(41)32(40)22(4)45-35)15-23(46-25)13-20(2)11-8-7-9-12-28-21(3)14-29(49-28)27(38)17-26-19-37(30,43)36(42)48-26/h7-9,11,20-30,32-35,38,40-41,43H,6,10,12-19H2,1-5H3/t20-,21+,22-,23+,24-,25+,26+,27+,28+,29+,30+,32+,33+,34+,35-,37+/m0/s1. The lowest BCUT2D eigenvalue weighted by Gasteiger charge is -2.44. The average molecular weight is 711 g/mol. The molecule has 13 heteroatoms. The quantitative estimate of drug-likeness (QED) is 0.296. The number of esters is 2. The zero-order valence-electron chi connectivity index (χ0n) is 30.0. The number of allylic oxidation sites excluding steroid dienone is 3. The van der Waals surface area contributed by atoms with E-state index in [1.165, 1.54) is 7.11 Å². The Hall–Kier alpha value is -1.94. The molecule has 0 aromatic carbocycles. The van der Waals surface area contributed by atoms with E-state index in [-0.39, 0.29) is 49.7 Å². The zero-order valence-corrected chi connectivity index (χ0v) is 30.0. The number of ether oxygens (including phenoxy) is 7. The molecule has 6 bridgehead atoms. The van der Waals surface area contributed by atoms with Crippen molar-refractivity contribution in [3.05, 3.63) is 24.3 Å². The van der Waals surface area contributed by atoms with E-state index in [0.29, 0.717) is 38.5 Å². The highest BCUT2D eigenvalue weighted by Crippen LogP contribution is 2.40. The Morgan fingerprint density at radius 2 is 1.66 bits per heavy atom. The summed E-state index contributed by atoms with van der Waals surface area (Å²) in [5.41, 5.74) is -2.15. The highest BCUT2D eigenvalue weighted by Gasteiger charge is 2.57. The van der Waals surface area contributed by atoms with E-state index >= 15 is 0 Å². The second kappa shape index (κ2) is 17.3. The predicted octanol–water partition coefficient (Wildman–Crippen LogP) is 2.64. The fourth-order valence-corrected chi connectivity index (χ4v) is 8.08. The van der Waals surface area contributed by atoms with E-state index in [0.717, 1.165) is 0 Å². The third kappa shape index (κ3) is 9.34. The van der Waals surface area contributed by atoms with Gasteiger partial charge in [-0.25, -0.2) is 4.79 Å². The number of hydrogen-bond donors (Lipinski definition) is 4. The Balaban J connectivity index is 1.42. The second-order valence-electron chi connectivity index (χ2n) is 15.1. The number of carbonyl (C=O) groups excluding carboxylic acids is 2. The monoisotopic (exact) mass is 710 g/mol. The molecular weight excluding hydrogens is 652 g/mol. The number of methoxy groups -OCH3 is 1. The van der Waals surface area contributed by atoms with Crippen LogP contribution in [-0.4, -0.2) is 125 Å². The molecule has 0 saturated carbocycles. The molecule has 0 amide bonds. The Bertz CT molecular complexity index is 1190. The van der Waals surface area contributed by atoms with E-state index in [1.54, 1.807) is 6.92 Å². The molecular formula is C37H58O13. The number of aliphatic hydroxyl groups excluding tert-OH is 3. The van der Waals surface area contributed by atoms with Gasteiger partial charge in [0.15, 0.2) is 6.29 Å². The largest absolute Gasteiger partial charge is 0.460 e. The smallest absolute Gasteiger partial charge is 0.342 e. The summed E-state index contributed by atoms with van der Waals surface area (Å²) in [7, 11) is 1.42. The van der Waals surface area contributed by atoms with Gasteiger partial charge >= 0.3 is 11.9 Å². The van der Waals surface area contributed by atoms with Crippen LogP contribution in [0.4, 0.5) is 0 Å². The van der Waals surface area contributed by atoms with Crippen LogP contribution in [0, 0.1) is 11.8 Å². The van der Waals surface area contributed by atoms with Crippen LogP contribution >= 0.6 is 0 Å². The minimum atomic E-state index is -2.15. The molecule has 5 aliphatic heterocycles. The van der Waals surface area contributed by atoms with E-state index in [2.05, 4.69) is 26.0 Å². The first kappa shape index (κ1) is 39.3. The number of hydrogen-bond acceptors (Lipinski definition) is 13. The van der Waals surface area contributed by atoms with Gasteiger partial charge in [-0.05, 0) is 44.4 Å². The minimum absolute atomic E-state index is 0.0124. The SMILES string of the molecule is CCCC(=O)O[C@@H]1C[C@H]2C[C@@H](O[C@@H]3O[C@@H](C)[C@@H](O)[C@@H](O)[C@H]3OC)C[C@@H](C[C@@H](C)C=CC=CC[C@H]3O[C@H](C[C@H]3C)[C@H](O)C[C@@H]3C[C@]1(O)C(=O)O3)O2. The van der Waals surface area contributed by atoms with Crippen molar-refractivity contribution in [2.75, 3.05) is 7.11 Å². The molecule has 13 nitrogen and oxygen atoms in total. The number of rotatable bonds is 6. The lowest BCUT2D eigenvalue weighted by molar-refractivity contribution is -0.316. The van der Waals surface area contributed by atoms with Gasteiger partial charge in [0, 0.05) is 45.6 Å². The van der Waals surface area contributed by atoms with Crippen molar-refractivity contribution >= 4 is 11.9 Å². The van der Waals surface area contributed by atoms with Gasteiger partial charge in [0.2, 0.25) is 5.60 Å². The van der Waals surface area contributed by atoms with Gasteiger partial charge in [-0.15, -0.1) is 0 Å². The molecule has 5 rings (SSSR count). The van der Waals surface area contributed by atoms with Gasteiger partial charge in [0.25, 0.3) is 0 Å². The zero-order chi connectivity index (χ0) is 36.2. The molecule has 0 aliphatic carbocycles. The topological polar surface area (TPSA) is 180 Å². The Kier molecular flexibility index (Phi) is 13.6. The average Bonchev–Trinajstić information content (AvgIpc) is 3.57. The second-order valence-corrected chi connectivity index (χ2v) is 15.1. The molecule has 4 fully saturated rings. The first-order valence-corrected chi connectivity index (χ1v) is 18.5. The lowest BCUT2D eigenvalue weighted by Crippen LogP contribution is -2.59. The van der Waals surface area contributed by atoms with Gasteiger partial charge in [-0.1, -0.05) is 45.1 Å². The van der Waals surface area contributed by atoms with Crippen LogP contribution in [0.1, 0.15) is 91.9 Å². The highest BCUT2D eigenvalue weighted by molar-refractivity contribution is 5.83. The summed E-state index contributed by atoms with van der Waals surface area (Å²) in [5, 5.41) is 44.2. The van der Waals surface area contributed by atoms with E-state index in [9.17, 15) is 30.0 Å². The maximum absolute atomic E-state index is 13.4. The molecule has 0 radical (unpaired) electrons. The lowest BCUT2D eigenvalue weighted by atomic mass is 9.85. The summed E-state index contributed by atoms with van der Waals surface area (Å²) >= 11 is 0. The maximum Gasteiger partial charge on any atom is 0.342 e. The molecule has 5 aliphatic rings. The van der Waals surface area contributed by atoms with Crippen molar-refractivity contribution in [3.8, 4) is 0 Å². The van der Waals surface area contributed by atoms with E-state index in [4.69, 9.17) is 33.2 Å². The molecule has 0 unspecified atom stereocenters. The molecule has 5 heterocycles. The Labute approximate surface area is 295 Å². The molecule has 50 heavy (non-hydrogen) atoms. The molecule has 4 saturated heterocycles. The normalized spacial score (nSPS) is 45.9. The predicted molar refractivity (Wildman–Crippen MR) is 179 cm³/mol. The van der Waals surface area contributed by atoms with Crippen LogP contribution in [0.2, 0.25) is 0 Å². The molecule has 0 aromatic heterocycles. The van der Waals surface area contributed by atoms with E-state index in [1.807, 2.05) is 19.1 Å². The summed E-state index contributed by atoms with van der Waals surface area (Å²) < 4.78 is 42.2. The maximum atomic E-state index is 13.4. The summed E-state index contributed by atoms with van der Waals surface area (Å²) in [6.45, 7) is 7.67. The third-order valence-corrected chi connectivity index (χ3v) is 10.9. The summed E-state index contributed by atoms with van der Waals surface area (Å²) in [6, 6.07) is 0. The van der Waals surface area contributed by atoms with Gasteiger partial charge < -0.3 is 53.6 Å². The molecule has 16 atom stereocenters. The Morgan fingerprint density at radius 1 is 0.920 bits per heavy atom. The molecule has 0 spiro atoms. The van der Waals surface area contributed by atoms with Crippen LogP contribution < -0.4 is 0 Å². The van der Waals surface area contributed by atoms with Crippen molar-refractivity contribution < 1.29 is 63.2 Å². The van der Waals surface area contributed by atoms with E-state index < -0.39 is 84.9 Å². The van der Waals surface area contributed by atoms with Gasteiger partial charge in [0.05, 0.1) is 42.7 Å². The van der Waals surface area contributed by atoms with Crippen molar-refractivity contribution in [3.63, 3.8) is 0 Å². The summed E-state index contributed by atoms with van der Waals surface area (Å²) in [4.78, 5) is 26.3. The fourth-order valence-electron chi connectivity index (χ4n) is 8.08. The first-order chi connectivity index (χ1) is 23.8. The summed E-state index contributed by atoms with van der Waals surface area (Å²) in [5.74, 6) is -1.12. The van der Waals surface area contributed by atoms with Crippen LogP contribution in [0.5, 0.6) is 0 Å². The fraction of sp³-hybridized carbons (Fsp3) is 0.838. The molecule has 284 valence electrons. The summed E-state index contributed by atoms with van der Waals surface area (Å²) in [6.07, 6.45) is 1.62. The number of carbonyl (C=O) groups is 2. The third-order valence-electron chi connectivity index (χ3n) is 10.9. The van der Waals surface area contributed by atoms with Crippen LogP contribution in [-0.2, 0) is 42.7 Å².